The van der Waals surface area contributed by atoms with Crippen LogP contribution in [0.4, 0.5) is 13.2 Å². The summed E-state index contributed by atoms with van der Waals surface area (Å²) in [5.74, 6) is 0. The molecule has 0 aliphatic heterocycles. The van der Waals surface area contributed by atoms with Crippen molar-refractivity contribution in [2.75, 3.05) is 0 Å². The number of nitrogens with zero attached hydrogens (tertiary/aromatic N) is 3. The second-order valence-corrected chi connectivity index (χ2v) is 6.24. The number of hydrogen-bond acceptors (Lipinski definition) is 2. The fraction of sp³-hybridized carbons (Fsp3) is 0.263. The summed E-state index contributed by atoms with van der Waals surface area (Å²) in [7, 11) is 0. The molecule has 0 aliphatic carbocycles. The van der Waals surface area contributed by atoms with E-state index in [-0.39, 0.29) is 0 Å². The first-order chi connectivity index (χ1) is 11.7. The number of rotatable bonds is 3. The van der Waals surface area contributed by atoms with Crippen LogP contribution in [0.3, 0.4) is 0 Å². The molecule has 3 aromatic rings. The van der Waals surface area contributed by atoms with E-state index in [0.717, 1.165) is 28.3 Å². The van der Waals surface area contributed by atoms with Crippen LogP contribution in [0.2, 0.25) is 0 Å². The van der Waals surface area contributed by atoms with Crippen molar-refractivity contribution in [2.45, 2.75) is 33.4 Å². The van der Waals surface area contributed by atoms with Gasteiger partial charge in [-0.2, -0.15) is 18.3 Å². The average Bonchev–Trinajstić information content (AvgIpc) is 2.97. The predicted octanol–water partition coefficient (Wildman–Crippen LogP) is 4.93. The fourth-order valence-electron chi connectivity index (χ4n) is 2.95. The zero-order chi connectivity index (χ0) is 18.4. The number of aryl methyl sites for hydroxylation is 3. The van der Waals surface area contributed by atoms with Gasteiger partial charge >= 0.3 is 6.18 Å². The van der Waals surface area contributed by atoms with Gasteiger partial charge in [0.25, 0.3) is 0 Å². The molecule has 25 heavy (non-hydrogen) atoms. The Labute approximate surface area is 143 Å². The molecule has 0 N–H and O–H groups in total. The van der Waals surface area contributed by atoms with Crippen molar-refractivity contribution in [3.8, 4) is 0 Å². The number of halogens is 3. The lowest BCUT2D eigenvalue weighted by molar-refractivity contribution is -0.141. The molecule has 6 heteroatoms. The smallest absolute Gasteiger partial charge is 0.264 e. The summed E-state index contributed by atoms with van der Waals surface area (Å²) in [4.78, 5) is 4.15. The van der Waals surface area contributed by atoms with Gasteiger partial charge in [0.15, 0.2) is 5.69 Å². The van der Waals surface area contributed by atoms with Crippen molar-refractivity contribution in [3.05, 3.63) is 70.8 Å². The van der Waals surface area contributed by atoms with Gasteiger partial charge in [-0.05, 0) is 61.6 Å². The van der Waals surface area contributed by atoms with E-state index in [1.165, 1.54) is 4.52 Å². The zero-order valence-electron chi connectivity index (χ0n) is 14.3. The highest BCUT2D eigenvalue weighted by molar-refractivity contribution is 5.79. The van der Waals surface area contributed by atoms with Crippen LogP contribution in [0.1, 0.15) is 33.6 Å². The maximum atomic E-state index is 13.0. The van der Waals surface area contributed by atoms with Crippen molar-refractivity contribution >= 4 is 11.1 Å². The number of alkyl halides is 3. The molecule has 0 aromatic carbocycles. The van der Waals surface area contributed by atoms with Crippen molar-refractivity contribution < 1.29 is 13.2 Å². The predicted molar refractivity (Wildman–Crippen MR) is 91.4 cm³/mol. The molecule has 0 unspecified atom stereocenters. The summed E-state index contributed by atoms with van der Waals surface area (Å²) < 4.78 is 40.4. The van der Waals surface area contributed by atoms with Gasteiger partial charge in [0.1, 0.15) is 0 Å². The maximum absolute atomic E-state index is 13.0. The van der Waals surface area contributed by atoms with Gasteiger partial charge in [0, 0.05) is 23.7 Å². The van der Waals surface area contributed by atoms with Crippen molar-refractivity contribution in [2.24, 2.45) is 0 Å². The molecule has 0 radical (unpaired) electrons. The first-order valence-corrected chi connectivity index (χ1v) is 7.83. The van der Waals surface area contributed by atoms with E-state index in [2.05, 4.69) is 16.7 Å². The average molecular weight is 345 g/mol. The van der Waals surface area contributed by atoms with Gasteiger partial charge in [-0.3, -0.25) is 4.98 Å². The molecule has 0 bridgehead atoms. The Balaban J connectivity index is 2.08. The van der Waals surface area contributed by atoms with Crippen LogP contribution in [0, 0.1) is 20.8 Å². The lowest BCUT2D eigenvalue weighted by Crippen LogP contribution is -2.06. The summed E-state index contributed by atoms with van der Waals surface area (Å²) in [5.41, 5.74) is 4.74. The molecule has 0 fully saturated rings. The maximum Gasteiger partial charge on any atom is 0.435 e. The SMILES string of the molecule is C=C(Cc1c(C)cncc1C)c1ccc(C)n2nc(C(F)(F)F)cc12. The van der Waals surface area contributed by atoms with Crippen LogP contribution < -0.4 is 0 Å². The van der Waals surface area contributed by atoms with Gasteiger partial charge in [-0.15, -0.1) is 0 Å². The molecule has 3 rings (SSSR count). The Morgan fingerprint density at radius 1 is 1.12 bits per heavy atom. The van der Waals surface area contributed by atoms with Crippen molar-refractivity contribution in [1.82, 2.24) is 14.6 Å². The summed E-state index contributed by atoms with van der Waals surface area (Å²) in [6, 6.07) is 4.65. The fourth-order valence-corrected chi connectivity index (χ4v) is 2.95. The molecular formula is C19H18F3N3. The second-order valence-electron chi connectivity index (χ2n) is 6.24. The number of pyridine rings is 2. The number of allylic oxidation sites excluding steroid dienone is 1. The van der Waals surface area contributed by atoms with Crippen LogP contribution in [-0.4, -0.2) is 14.6 Å². The van der Waals surface area contributed by atoms with Crippen molar-refractivity contribution in [1.29, 1.82) is 0 Å². The molecule has 0 saturated carbocycles. The van der Waals surface area contributed by atoms with E-state index in [9.17, 15) is 13.2 Å². The molecule has 0 spiro atoms. The third-order valence-corrected chi connectivity index (χ3v) is 4.36. The minimum Gasteiger partial charge on any atom is -0.264 e. The van der Waals surface area contributed by atoms with Gasteiger partial charge in [-0.25, -0.2) is 4.52 Å². The number of aromatic nitrogens is 3. The first-order valence-electron chi connectivity index (χ1n) is 7.83. The molecule has 3 heterocycles. The molecule has 0 atom stereocenters. The normalized spacial score (nSPS) is 11.9. The second kappa shape index (κ2) is 6.02. The van der Waals surface area contributed by atoms with Gasteiger partial charge < -0.3 is 0 Å². The molecular weight excluding hydrogens is 327 g/mol. The Morgan fingerprint density at radius 3 is 2.36 bits per heavy atom. The highest BCUT2D eigenvalue weighted by Gasteiger charge is 2.34. The van der Waals surface area contributed by atoms with Gasteiger partial charge in [-0.1, -0.05) is 12.6 Å². The Hall–Kier alpha value is -2.63. The van der Waals surface area contributed by atoms with E-state index in [0.29, 0.717) is 23.2 Å². The largest absolute Gasteiger partial charge is 0.435 e. The molecule has 3 aromatic heterocycles. The Kier molecular flexibility index (Phi) is 4.14. The van der Waals surface area contributed by atoms with E-state index >= 15 is 0 Å². The number of hydrogen-bond donors (Lipinski definition) is 0. The van der Waals surface area contributed by atoms with Crippen LogP contribution in [-0.2, 0) is 12.6 Å². The minimum absolute atomic E-state index is 0.418. The highest BCUT2D eigenvalue weighted by atomic mass is 19.4. The standard InChI is InChI=1S/C19H18F3N3/c1-11(7-16-12(2)9-23-10-13(16)3)15-6-5-14(4)25-17(15)8-18(24-25)19(20,21)22/h5-6,8-10H,1,7H2,2-4H3. The Morgan fingerprint density at radius 2 is 1.76 bits per heavy atom. The van der Waals surface area contributed by atoms with Gasteiger partial charge in [0.05, 0.1) is 5.52 Å². The lowest BCUT2D eigenvalue weighted by Gasteiger charge is -2.13. The monoisotopic (exact) mass is 345 g/mol. The summed E-state index contributed by atoms with van der Waals surface area (Å²) in [6.07, 6.45) is -0.372. The van der Waals surface area contributed by atoms with E-state index in [1.54, 1.807) is 31.5 Å². The van der Waals surface area contributed by atoms with Crippen LogP contribution in [0.25, 0.3) is 11.1 Å². The molecule has 0 aliphatic rings. The van der Waals surface area contributed by atoms with Crippen molar-refractivity contribution in [3.63, 3.8) is 0 Å². The van der Waals surface area contributed by atoms with Crippen LogP contribution >= 0.6 is 0 Å². The minimum atomic E-state index is -4.48. The summed E-state index contributed by atoms with van der Waals surface area (Å²) in [6.45, 7) is 9.77. The third-order valence-electron chi connectivity index (χ3n) is 4.36. The lowest BCUT2D eigenvalue weighted by atomic mass is 9.95. The summed E-state index contributed by atoms with van der Waals surface area (Å²) in [5, 5.41) is 3.71. The third kappa shape index (κ3) is 3.16. The Bertz CT molecular complexity index is 948. The summed E-state index contributed by atoms with van der Waals surface area (Å²) >= 11 is 0. The molecule has 0 saturated heterocycles. The van der Waals surface area contributed by atoms with E-state index in [1.807, 2.05) is 13.8 Å². The van der Waals surface area contributed by atoms with Crippen LogP contribution in [0.15, 0.2) is 37.2 Å². The molecule has 3 nitrogen and oxygen atoms in total. The zero-order valence-corrected chi connectivity index (χ0v) is 14.3. The highest BCUT2D eigenvalue weighted by Crippen LogP contribution is 2.32. The number of fused-ring (bicyclic) bond motifs is 1. The van der Waals surface area contributed by atoms with E-state index in [4.69, 9.17) is 0 Å². The molecule has 130 valence electrons. The first kappa shape index (κ1) is 17.2. The van der Waals surface area contributed by atoms with Gasteiger partial charge in [0.2, 0.25) is 0 Å². The quantitative estimate of drug-likeness (QED) is 0.674. The van der Waals surface area contributed by atoms with E-state index < -0.39 is 11.9 Å². The topological polar surface area (TPSA) is 30.2 Å². The van der Waals surface area contributed by atoms with Crippen LogP contribution in [0.5, 0.6) is 0 Å². The molecule has 0 amide bonds.